The Morgan fingerprint density at radius 2 is 1.72 bits per heavy atom. The maximum atomic E-state index is 12.8. The van der Waals surface area contributed by atoms with Crippen molar-refractivity contribution in [2.75, 3.05) is 18.1 Å². The van der Waals surface area contributed by atoms with E-state index in [-0.39, 0.29) is 11.6 Å². The summed E-state index contributed by atoms with van der Waals surface area (Å²) in [7, 11) is 0. The molecule has 0 bridgehead atoms. The first-order valence-electron chi connectivity index (χ1n) is 9.14. The zero-order valence-corrected chi connectivity index (χ0v) is 16.2. The van der Waals surface area contributed by atoms with Crippen LogP contribution in [0, 0.1) is 6.92 Å². The molecule has 0 unspecified atom stereocenters. The van der Waals surface area contributed by atoms with Crippen LogP contribution in [0.3, 0.4) is 0 Å². The first-order chi connectivity index (χ1) is 14.1. The zero-order chi connectivity index (χ0) is 20.6. The van der Waals surface area contributed by atoms with Crippen LogP contribution in [0.25, 0.3) is 11.8 Å². The van der Waals surface area contributed by atoms with Crippen LogP contribution in [-0.4, -0.2) is 45.2 Å². The van der Waals surface area contributed by atoms with E-state index in [1.807, 2.05) is 67.6 Å². The van der Waals surface area contributed by atoms with E-state index < -0.39 is 12.6 Å². The molecule has 1 heterocycles. The quantitative estimate of drug-likeness (QED) is 0.454. The summed E-state index contributed by atoms with van der Waals surface area (Å²) in [4.78, 5) is 26.9. The summed E-state index contributed by atoms with van der Waals surface area (Å²) in [5, 5.41) is 11.2. The number of aryl methyl sites for hydroxylation is 1. The SMILES string of the molecule is CCN(C(=O)COC(=O)/C(=C/c1ccccc1)n1nnnc1C)c1ccccc1. The molecule has 0 atom stereocenters. The number of likely N-dealkylation sites (N-methyl/N-ethyl adjacent to an activating group) is 1. The summed E-state index contributed by atoms with van der Waals surface area (Å²) >= 11 is 0. The van der Waals surface area contributed by atoms with Gasteiger partial charge in [-0.25, -0.2) is 4.79 Å². The highest BCUT2D eigenvalue weighted by molar-refractivity contribution is 6.15. The minimum Gasteiger partial charge on any atom is -0.451 e. The molecule has 0 aliphatic carbocycles. The number of nitrogens with zero attached hydrogens (tertiary/aromatic N) is 5. The lowest BCUT2D eigenvalue weighted by Gasteiger charge is -2.21. The van der Waals surface area contributed by atoms with Gasteiger partial charge in [-0.3, -0.25) is 4.79 Å². The van der Waals surface area contributed by atoms with Gasteiger partial charge in [-0.1, -0.05) is 48.5 Å². The summed E-state index contributed by atoms with van der Waals surface area (Å²) in [6.45, 7) is 3.59. The minimum absolute atomic E-state index is 0.120. The van der Waals surface area contributed by atoms with Crippen molar-refractivity contribution in [2.45, 2.75) is 13.8 Å². The third kappa shape index (κ3) is 4.92. The molecule has 29 heavy (non-hydrogen) atoms. The Bertz CT molecular complexity index is 999. The fourth-order valence-electron chi connectivity index (χ4n) is 2.76. The second-order valence-electron chi connectivity index (χ2n) is 6.13. The number of carbonyl (C=O) groups is 2. The van der Waals surface area contributed by atoms with Gasteiger partial charge in [-0.05, 0) is 48.0 Å². The van der Waals surface area contributed by atoms with E-state index in [1.165, 1.54) is 4.68 Å². The lowest BCUT2D eigenvalue weighted by molar-refractivity contribution is -0.142. The monoisotopic (exact) mass is 391 g/mol. The smallest absolute Gasteiger partial charge is 0.357 e. The van der Waals surface area contributed by atoms with E-state index >= 15 is 0 Å². The Hall–Kier alpha value is -3.81. The lowest BCUT2D eigenvalue weighted by atomic mass is 10.2. The van der Waals surface area contributed by atoms with E-state index in [4.69, 9.17) is 4.74 Å². The van der Waals surface area contributed by atoms with Gasteiger partial charge >= 0.3 is 5.97 Å². The molecule has 8 heteroatoms. The van der Waals surface area contributed by atoms with Crippen LogP contribution in [-0.2, 0) is 14.3 Å². The van der Waals surface area contributed by atoms with Crippen LogP contribution >= 0.6 is 0 Å². The van der Waals surface area contributed by atoms with Gasteiger partial charge in [0.2, 0.25) is 0 Å². The number of carbonyl (C=O) groups excluding carboxylic acids is 2. The number of hydrogen-bond donors (Lipinski definition) is 0. The Balaban J connectivity index is 1.78. The fraction of sp³-hybridized carbons (Fsp3) is 0.190. The third-order valence-electron chi connectivity index (χ3n) is 4.18. The van der Waals surface area contributed by atoms with Crippen molar-refractivity contribution >= 4 is 29.3 Å². The predicted molar refractivity (Wildman–Crippen MR) is 109 cm³/mol. The number of aromatic nitrogens is 4. The molecule has 0 radical (unpaired) electrons. The fourth-order valence-corrected chi connectivity index (χ4v) is 2.76. The van der Waals surface area contributed by atoms with Crippen LogP contribution < -0.4 is 4.90 Å². The Labute approximate surface area is 168 Å². The van der Waals surface area contributed by atoms with Crippen LogP contribution in [0.4, 0.5) is 5.69 Å². The van der Waals surface area contributed by atoms with Gasteiger partial charge in [-0.15, -0.1) is 5.10 Å². The third-order valence-corrected chi connectivity index (χ3v) is 4.18. The first-order valence-corrected chi connectivity index (χ1v) is 9.14. The normalized spacial score (nSPS) is 11.2. The second kappa shape index (κ2) is 9.41. The number of ether oxygens (including phenoxy) is 1. The molecule has 0 spiro atoms. The van der Waals surface area contributed by atoms with Crippen LogP contribution in [0.15, 0.2) is 60.7 Å². The predicted octanol–water partition coefficient (Wildman–Crippen LogP) is 2.58. The number of hydrogen-bond acceptors (Lipinski definition) is 6. The summed E-state index contributed by atoms with van der Waals surface area (Å²) in [5.41, 5.74) is 1.64. The molecule has 8 nitrogen and oxygen atoms in total. The van der Waals surface area contributed by atoms with Gasteiger partial charge in [0.15, 0.2) is 18.1 Å². The summed E-state index contributed by atoms with van der Waals surface area (Å²) < 4.78 is 6.59. The average molecular weight is 391 g/mol. The van der Waals surface area contributed by atoms with Gasteiger partial charge < -0.3 is 9.64 Å². The van der Waals surface area contributed by atoms with E-state index in [0.29, 0.717) is 12.4 Å². The van der Waals surface area contributed by atoms with Gasteiger partial charge in [0, 0.05) is 12.2 Å². The van der Waals surface area contributed by atoms with Crippen LogP contribution in [0.1, 0.15) is 18.3 Å². The van der Waals surface area contributed by atoms with Crippen molar-refractivity contribution in [2.24, 2.45) is 0 Å². The molecule has 0 N–H and O–H groups in total. The summed E-state index contributed by atoms with van der Waals surface area (Å²) in [5.74, 6) is -0.587. The molecule has 0 fully saturated rings. The van der Waals surface area contributed by atoms with Crippen molar-refractivity contribution in [3.63, 3.8) is 0 Å². The largest absolute Gasteiger partial charge is 0.451 e. The minimum atomic E-state index is -0.693. The van der Waals surface area contributed by atoms with E-state index in [0.717, 1.165) is 11.3 Å². The number of para-hydroxylation sites is 1. The highest BCUT2D eigenvalue weighted by atomic mass is 16.5. The van der Waals surface area contributed by atoms with E-state index in [2.05, 4.69) is 15.5 Å². The second-order valence-corrected chi connectivity index (χ2v) is 6.13. The average Bonchev–Trinajstić information content (AvgIpc) is 3.18. The molecule has 0 saturated carbocycles. The van der Waals surface area contributed by atoms with Gasteiger partial charge in [-0.2, -0.15) is 4.68 Å². The van der Waals surface area contributed by atoms with Crippen LogP contribution in [0.2, 0.25) is 0 Å². The summed E-state index contributed by atoms with van der Waals surface area (Å²) in [6.07, 6.45) is 1.62. The number of amides is 1. The standard InChI is InChI=1S/C21H21N5O3/c1-3-25(18-12-8-5-9-13-18)20(27)15-29-21(28)19(26-16(2)22-23-24-26)14-17-10-6-4-7-11-17/h4-14H,3,15H2,1-2H3/b19-14-. The topological polar surface area (TPSA) is 90.2 Å². The number of anilines is 1. The highest BCUT2D eigenvalue weighted by Gasteiger charge is 2.21. The molecular weight excluding hydrogens is 370 g/mol. The van der Waals surface area contributed by atoms with Gasteiger partial charge in [0.25, 0.3) is 5.91 Å². The van der Waals surface area contributed by atoms with Gasteiger partial charge in [0.05, 0.1) is 0 Å². The molecule has 2 aromatic carbocycles. The highest BCUT2D eigenvalue weighted by Crippen LogP contribution is 2.15. The van der Waals surface area contributed by atoms with Crippen molar-refractivity contribution in [1.29, 1.82) is 0 Å². The molecule has 0 saturated heterocycles. The number of benzene rings is 2. The van der Waals surface area contributed by atoms with Crippen LogP contribution in [0.5, 0.6) is 0 Å². The van der Waals surface area contributed by atoms with Crippen molar-refractivity contribution < 1.29 is 14.3 Å². The lowest BCUT2D eigenvalue weighted by Crippen LogP contribution is -2.34. The Morgan fingerprint density at radius 3 is 2.31 bits per heavy atom. The molecule has 0 aliphatic rings. The van der Waals surface area contributed by atoms with Crippen molar-refractivity contribution in [3.05, 3.63) is 72.1 Å². The molecule has 3 rings (SSSR count). The zero-order valence-electron chi connectivity index (χ0n) is 16.2. The molecule has 0 aliphatic heterocycles. The van der Waals surface area contributed by atoms with Gasteiger partial charge in [0.1, 0.15) is 0 Å². The molecule has 3 aromatic rings. The molecule has 1 amide bonds. The van der Waals surface area contributed by atoms with Crippen molar-refractivity contribution in [1.82, 2.24) is 20.2 Å². The number of esters is 1. The maximum absolute atomic E-state index is 12.8. The molecule has 148 valence electrons. The summed E-state index contributed by atoms with van der Waals surface area (Å²) in [6, 6.07) is 18.5. The molecule has 1 aromatic heterocycles. The van der Waals surface area contributed by atoms with Crippen molar-refractivity contribution in [3.8, 4) is 0 Å². The molecular formula is C21H21N5O3. The Morgan fingerprint density at radius 1 is 1.07 bits per heavy atom. The van der Waals surface area contributed by atoms with E-state index in [9.17, 15) is 9.59 Å². The first kappa shape index (κ1) is 19.9. The van der Waals surface area contributed by atoms with E-state index in [1.54, 1.807) is 17.9 Å². The Kier molecular flexibility index (Phi) is 6.47. The maximum Gasteiger partial charge on any atom is 0.357 e. The number of tetrazole rings is 1. The number of rotatable bonds is 7.